The second-order valence-electron chi connectivity index (χ2n) is 10.3. The number of nitrogens with zero attached hydrogens (tertiary/aromatic N) is 6. The highest BCUT2D eigenvalue weighted by Gasteiger charge is 2.34. The van der Waals surface area contributed by atoms with E-state index in [9.17, 15) is 18.0 Å². The molecule has 226 valence electrons. The zero-order valence-corrected chi connectivity index (χ0v) is 25.6. The molecule has 0 spiro atoms. The smallest absolute Gasteiger partial charge is 0.265 e. The summed E-state index contributed by atoms with van der Waals surface area (Å²) in [5, 5.41) is 10.1. The SMILES string of the molecule is CCN(CC)c1ccc(N=Nc2ccc3c4c(cccc24)C(=O)N(c2ccc(S(=O)(=O)Nc4ncccn4)cc2)C3=O)c(C)c1. The van der Waals surface area contributed by atoms with Gasteiger partial charge in [0, 0.05) is 53.1 Å². The number of benzene rings is 4. The maximum Gasteiger partial charge on any atom is 0.265 e. The predicted octanol–water partition coefficient (Wildman–Crippen LogP) is 6.80. The number of aryl methyl sites for hydroxylation is 1. The molecule has 2 heterocycles. The van der Waals surface area contributed by atoms with Crippen molar-refractivity contribution in [2.75, 3.05) is 27.6 Å². The quantitative estimate of drug-likeness (QED) is 0.141. The lowest BCUT2D eigenvalue weighted by atomic mass is 9.93. The van der Waals surface area contributed by atoms with Gasteiger partial charge in [-0.15, -0.1) is 5.11 Å². The van der Waals surface area contributed by atoms with E-state index in [0.717, 1.165) is 34.9 Å². The van der Waals surface area contributed by atoms with E-state index in [1.165, 1.54) is 36.7 Å². The van der Waals surface area contributed by atoms with Crippen LogP contribution in [0, 0.1) is 6.92 Å². The summed E-state index contributed by atoms with van der Waals surface area (Å²) in [7, 11) is -4.00. The van der Waals surface area contributed by atoms with Crippen LogP contribution in [0.3, 0.4) is 0 Å². The van der Waals surface area contributed by atoms with Crippen molar-refractivity contribution in [3.05, 3.63) is 108 Å². The maximum atomic E-state index is 13.7. The van der Waals surface area contributed by atoms with Gasteiger partial charge in [-0.05, 0) is 93.1 Å². The lowest BCUT2D eigenvalue weighted by molar-refractivity contribution is 0.0893. The first kappa shape index (κ1) is 29.6. The highest BCUT2D eigenvalue weighted by molar-refractivity contribution is 7.92. The van der Waals surface area contributed by atoms with Crippen LogP contribution in [0.5, 0.6) is 0 Å². The highest BCUT2D eigenvalue weighted by atomic mass is 32.2. The largest absolute Gasteiger partial charge is 0.372 e. The number of nitrogens with one attached hydrogen (secondary N) is 1. The topological polar surface area (TPSA) is 137 Å². The molecule has 45 heavy (non-hydrogen) atoms. The Bertz CT molecular complexity index is 2060. The minimum absolute atomic E-state index is 0.0742. The third-order valence-corrected chi connectivity index (χ3v) is 9.00. The number of sulfonamides is 1. The molecular weight excluding hydrogens is 590 g/mol. The fraction of sp³-hybridized carbons (Fsp3) is 0.152. The van der Waals surface area contributed by atoms with Crippen LogP contribution >= 0.6 is 0 Å². The van der Waals surface area contributed by atoms with Crippen molar-refractivity contribution in [1.29, 1.82) is 0 Å². The third-order valence-electron chi connectivity index (χ3n) is 7.66. The van der Waals surface area contributed by atoms with Gasteiger partial charge in [0.2, 0.25) is 5.95 Å². The first-order valence-electron chi connectivity index (χ1n) is 14.3. The van der Waals surface area contributed by atoms with Crippen LogP contribution in [0.1, 0.15) is 40.1 Å². The monoisotopic (exact) mass is 619 g/mol. The molecule has 1 aromatic heterocycles. The summed E-state index contributed by atoms with van der Waals surface area (Å²) in [4.78, 5) is 38.4. The van der Waals surface area contributed by atoms with Crippen molar-refractivity contribution in [1.82, 2.24) is 9.97 Å². The molecule has 0 fully saturated rings. The Morgan fingerprint density at radius 2 is 1.44 bits per heavy atom. The molecule has 0 radical (unpaired) electrons. The van der Waals surface area contributed by atoms with Crippen molar-refractivity contribution in [3.8, 4) is 0 Å². The van der Waals surface area contributed by atoms with Gasteiger partial charge in [-0.2, -0.15) is 5.11 Å². The number of carbonyl (C=O) groups excluding carboxylic acids is 2. The van der Waals surface area contributed by atoms with Crippen LogP contribution in [-0.2, 0) is 10.0 Å². The number of amides is 2. The van der Waals surface area contributed by atoms with Gasteiger partial charge >= 0.3 is 0 Å². The van der Waals surface area contributed by atoms with Gasteiger partial charge in [0.05, 0.1) is 22.0 Å². The number of aromatic nitrogens is 2. The van der Waals surface area contributed by atoms with Crippen LogP contribution in [0.4, 0.5) is 28.7 Å². The second-order valence-corrected chi connectivity index (χ2v) is 12.0. The van der Waals surface area contributed by atoms with Crippen LogP contribution in [0.25, 0.3) is 10.8 Å². The molecule has 1 aliphatic rings. The van der Waals surface area contributed by atoms with E-state index in [4.69, 9.17) is 0 Å². The Hall–Kier alpha value is -5.49. The van der Waals surface area contributed by atoms with E-state index in [2.05, 4.69) is 49.7 Å². The van der Waals surface area contributed by atoms with Crippen molar-refractivity contribution < 1.29 is 18.0 Å². The van der Waals surface area contributed by atoms with Crippen molar-refractivity contribution >= 4 is 61.3 Å². The summed E-state index contributed by atoms with van der Waals surface area (Å²) in [6.45, 7) is 8.03. The summed E-state index contributed by atoms with van der Waals surface area (Å²) in [5.41, 5.74) is 4.25. The van der Waals surface area contributed by atoms with Crippen LogP contribution in [0.2, 0.25) is 0 Å². The number of carbonyl (C=O) groups is 2. The van der Waals surface area contributed by atoms with E-state index in [0.29, 0.717) is 27.6 Å². The molecule has 12 heteroatoms. The first-order chi connectivity index (χ1) is 21.7. The second kappa shape index (κ2) is 11.9. The molecule has 11 nitrogen and oxygen atoms in total. The predicted molar refractivity (Wildman–Crippen MR) is 173 cm³/mol. The molecule has 0 aliphatic carbocycles. The van der Waals surface area contributed by atoms with Crippen molar-refractivity contribution in [2.24, 2.45) is 10.2 Å². The lowest BCUT2D eigenvalue weighted by Gasteiger charge is -2.27. The number of hydrogen-bond acceptors (Lipinski definition) is 9. The maximum absolute atomic E-state index is 13.7. The molecule has 6 rings (SSSR count). The highest BCUT2D eigenvalue weighted by Crippen LogP contribution is 2.38. The number of imide groups is 1. The molecular formula is C33H29N7O4S. The van der Waals surface area contributed by atoms with Gasteiger partial charge in [-0.25, -0.2) is 28.0 Å². The Morgan fingerprint density at radius 3 is 2.11 bits per heavy atom. The van der Waals surface area contributed by atoms with Gasteiger partial charge < -0.3 is 4.90 Å². The van der Waals surface area contributed by atoms with E-state index in [1.54, 1.807) is 30.3 Å². The molecule has 0 atom stereocenters. The van der Waals surface area contributed by atoms with Gasteiger partial charge in [0.15, 0.2) is 0 Å². The molecule has 1 aliphatic heterocycles. The molecule has 1 N–H and O–H groups in total. The Kier molecular flexibility index (Phi) is 7.81. The van der Waals surface area contributed by atoms with Gasteiger partial charge in [0.25, 0.3) is 21.8 Å². The van der Waals surface area contributed by atoms with E-state index in [-0.39, 0.29) is 16.5 Å². The van der Waals surface area contributed by atoms with Gasteiger partial charge in [-0.1, -0.05) is 12.1 Å². The summed E-state index contributed by atoms with van der Waals surface area (Å²) in [6.07, 6.45) is 2.83. The molecule has 0 saturated carbocycles. The molecule has 4 aromatic carbocycles. The van der Waals surface area contributed by atoms with Crippen LogP contribution in [-0.4, -0.2) is 43.3 Å². The van der Waals surface area contributed by atoms with Crippen molar-refractivity contribution in [2.45, 2.75) is 25.7 Å². The molecule has 0 bridgehead atoms. The summed E-state index contributed by atoms with van der Waals surface area (Å²) < 4.78 is 27.9. The van der Waals surface area contributed by atoms with Crippen LogP contribution in [0.15, 0.2) is 106 Å². The average molecular weight is 620 g/mol. The van der Waals surface area contributed by atoms with Gasteiger partial charge in [0.1, 0.15) is 0 Å². The zero-order chi connectivity index (χ0) is 31.7. The van der Waals surface area contributed by atoms with E-state index in [1.807, 2.05) is 25.1 Å². The molecule has 2 amide bonds. The fourth-order valence-corrected chi connectivity index (χ4v) is 6.31. The zero-order valence-electron chi connectivity index (χ0n) is 24.8. The Balaban J connectivity index is 1.30. The fourth-order valence-electron chi connectivity index (χ4n) is 5.35. The van der Waals surface area contributed by atoms with Gasteiger partial charge in [-0.3, -0.25) is 9.59 Å². The van der Waals surface area contributed by atoms with Crippen molar-refractivity contribution in [3.63, 3.8) is 0 Å². The van der Waals surface area contributed by atoms with E-state index < -0.39 is 21.8 Å². The first-order valence-corrected chi connectivity index (χ1v) is 15.8. The minimum Gasteiger partial charge on any atom is -0.372 e. The standard InChI is InChI=1S/C33H29N7O4S/c1-4-39(5-2)23-12-16-28(21(3)20-23)36-37-29-17-15-27-30-25(29)8-6-9-26(30)31(41)40(32(27)42)22-10-13-24(14-11-22)45(43,44)38-33-34-18-7-19-35-33/h6-20H,4-5H2,1-3H3,(H,34,35,38). The molecule has 0 unspecified atom stereocenters. The Morgan fingerprint density at radius 1 is 0.800 bits per heavy atom. The number of hydrogen-bond donors (Lipinski definition) is 1. The molecule has 5 aromatic rings. The summed E-state index contributed by atoms with van der Waals surface area (Å²) in [5.74, 6) is -1.13. The summed E-state index contributed by atoms with van der Waals surface area (Å²) in [6, 6.07) is 21.6. The number of azo groups is 1. The third kappa shape index (κ3) is 5.51. The minimum atomic E-state index is -4.00. The molecule has 0 saturated heterocycles. The van der Waals surface area contributed by atoms with Crippen LogP contribution < -0.4 is 14.5 Å². The normalized spacial score (nSPS) is 13.1. The van der Waals surface area contributed by atoms with E-state index >= 15 is 0 Å². The Labute approximate surface area is 260 Å². The number of anilines is 3. The summed E-state index contributed by atoms with van der Waals surface area (Å²) >= 11 is 0. The number of rotatable bonds is 9. The lowest BCUT2D eigenvalue weighted by Crippen LogP contribution is -2.40. The average Bonchev–Trinajstić information content (AvgIpc) is 3.04.